The summed E-state index contributed by atoms with van der Waals surface area (Å²) >= 11 is 6.35. The number of para-hydroxylation sites is 1. The van der Waals surface area contributed by atoms with Gasteiger partial charge in [0.25, 0.3) is 0 Å². The third kappa shape index (κ3) is 4.09. The van der Waals surface area contributed by atoms with Crippen LogP contribution in [0.5, 0.6) is 5.75 Å². The Bertz CT molecular complexity index is 1150. The normalized spacial score (nSPS) is 19.0. The van der Waals surface area contributed by atoms with Gasteiger partial charge in [0.2, 0.25) is 5.95 Å². The Morgan fingerprint density at radius 2 is 1.64 bits per heavy atom. The smallest absolute Gasteiger partial charge is 0.226 e. The fourth-order valence-corrected chi connectivity index (χ4v) is 5.71. The Morgan fingerprint density at radius 1 is 0.848 bits per heavy atom. The van der Waals surface area contributed by atoms with Crippen LogP contribution >= 0.6 is 11.6 Å². The number of rotatable bonds is 3. The summed E-state index contributed by atoms with van der Waals surface area (Å²) in [5, 5.41) is 0.708. The first kappa shape index (κ1) is 20.9. The molecule has 1 saturated heterocycles. The first-order valence-electron chi connectivity index (χ1n) is 12.1. The molecule has 3 heterocycles. The first-order valence-corrected chi connectivity index (χ1v) is 12.5. The van der Waals surface area contributed by atoms with Crippen molar-refractivity contribution in [2.75, 3.05) is 31.1 Å². The number of aromatic nitrogens is 2. The molecule has 3 aliphatic rings. The molecule has 33 heavy (non-hydrogen) atoms. The van der Waals surface area contributed by atoms with Gasteiger partial charge >= 0.3 is 0 Å². The molecule has 5 nitrogen and oxygen atoms in total. The Hall–Kier alpha value is -2.63. The van der Waals surface area contributed by atoms with E-state index in [2.05, 4.69) is 21.9 Å². The molecule has 0 bridgehead atoms. The standard InChI is InChI=1S/C27H29ClN4O/c28-20-8-6-7-19(17-20)25-23-18-33-24-12-5-4-11-22(24)26(23)30-27(29-25)32-15-13-31(14-16-32)21-9-2-1-3-10-21/h4-8,11-12,17,21H,1-3,9-10,13-16,18H2. The minimum absolute atomic E-state index is 0.462. The van der Waals surface area contributed by atoms with Gasteiger partial charge in [0.05, 0.1) is 11.4 Å². The van der Waals surface area contributed by atoms with Gasteiger partial charge in [-0.05, 0) is 37.1 Å². The number of ether oxygens (including phenoxy) is 1. The Kier molecular flexibility index (Phi) is 5.68. The van der Waals surface area contributed by atoms with Crippen molar-refractivity contribution in [3.63, 3.8) is 0 Å². The van der Waals surface area contributed by atoms with E-state index in [1.165, 1.54) is 32.1 Å². The van der Waals surface area contributed by atoms with Crippen molar-refractivity contribution in [3.8, 4) is 28.3 Å². The van der Waals surface area contributed by atoms with E-state index in [1.54, 1.807) is 0 Å². The lowest BCUT2D eigenvalue weighted by atomic mass is 9.94. The van der Waals surface area contributed by atoms with E-state index >= 15 is 0 Å². The van der Waals surface area contributed by atoms with Gasteiger partial charge in [0, 0.05) is 53.9 Å². The van der Waals surface area contributed by atoms with Gasteiger partial charge in [-0.15, -0.1) is 0 Å². The summed E-state index contributed by atoms with van der Waals surface area (Å²) in [6, 6.07) is 16.8. The maximum Gasteiger partial charge on any atom is 0.226 e. The lowest BCUT2D eigenvalue weighted by molar-refractivity contribution is 0.147. The number of nitrogens with zero attached hydrogens (tertiary/aromatic N) is 4. The van der Waals surface area contributed by atoms with Crippen molar-refractivity contribution in [2.45, 2.75) is 44.8 Å². The second-order valence-corrected chi connectivity index (χ2v) is 9.75. The van der Waals surface area contributed by atoms with E-state index in [1.807, 2.05) is 36.4 Å². The molecule has 3 aromatic rings. The van der Waals surface area contributed by atoms with Gasteiger partial charge in [0.15, 0.2) is 0 Å². The molecule has 6 rings (SSSR count). The van der Waals surface area contributed by atoms with E-state index in [0.29, 0.717) is 11.6 Å². The maximum absolute atomic E-state index is 6.35. The topological polar surface area (TPSA) is 41.5 Å². The number of halogens is 1. The third-order valence-corrected chi connectivity index (χ3v) is 7.53. The highest BCUT2D eigenvalue weighted by Gasteiger charge is 2.29. The fourth-order valence-electron chi connectivity index (χ4n) is 5.52. The summed E-state index contributed by atoms with van der Waals surface area (Å²) < 4.78 is 6.08. The lowest BCUT2D eigenvalue weighted by Crippen LogP contribution is -2.51. The van der Waals surface area contributed by atoms with Crippen LogP contribution in [0.25, 0.3) is 22.5 Å². The highest BCUT2D eigenvalue weighted by molar-refractivity contribution is 6.30. The number of hydrogen-bond donors (Lipinski definition) is 0. The summed E-state index contributed by atoms with van der Waals surface area (Å²) in [5.41, 5.74) is 4.96. The molecule has 0 atom stereocenters. The van der Waals surface area contributed by atoms with Crippen molar-refractivity contribution in [1.29, 1.82) is 0 Å². The molecule has 1 aromatic heterocycles. The Morgan fingerprint density at radius 3 is 2.45 bits per heavy atom. The monoisotopic (exact) mass is 460 g/mol. The van der Waals surface area contributed by atoms with Crippen LogP contribution in [0.2, 0.25) is 5.02 Å². The zero-order valence-corrected chi connectivity index (χ0v) is 19.6. The molecule has 170 valence electrons. The molecule has 1 aliphatic carbocycles. The Labute approximate surface area is 200 Å². The minimum Gasteiger partial charge on any atom is -0.488 e. The predicted octanol–water partition coefficient (Wildman–Crippen LogP) is 5.81. The van der Waals surface area contributed by atoms with Crippen LogP contribution in [0, 0.1) is 0 Å². The van der Waals surface area contributed by atoms with Crippen molar-refractivity contribution < 1.29 is 4.74 Å². The van der Waals surface area contributed by atoms with Crippen LogP contribution in [0.15, 0.2) is 48.5 Å². The third-order valence-electron chi connectivity index (χ3n) is 7.30. The van der Waals surface area contributed by atoms with Gasteiger partial charge < -0.3 is 9.64 Å². The second-order valence-electron chi connectivity index (χ2n) is 9.31. The number of hydrogen-bond acceptors (Lipinski definition) is 5. The molecule has 2 aliphatic heterocycles. The molecular formula is C27H29ClN4O. The molecule has 0 unspecified atom stereocenters. The lowest BCUT2D eigenvalue weighted by Gasteiger charge is -2.41. The average molecular weight is 461 g/mol. The summed E-state index contributed by atoms with van der Waals surface area (Å²) in [5.74, 6) is 1.69. The number of benzene rings is 2. The molecular weight excluding hydrogens is 432 g/mol. The zero-order chi connectivity index (χ0) is 22.2. The van der Waals surface area contributed by atoms with E-state index in [-0.39, 0.29) is 0 Å². The van der Waals surface area contributed by atoms with Crippen LogP contribution in [0.3, 0.4) is 0 Å². The molecule has 2 aromatic carbocycles. The van der Waals surface area contributed by atoms with E-state index in [9.17, 15) is 0 Å². The largest absolute Gasteiger partial charge is 0.488 e. The SMILES string of the molecule is Clc1cccc(-c2nc(N3CCN(C4CCCCC4)CC3)nc3c2COc2ccccc2-3)c1. The number of anilines is 1. The minimum atomic E-state index is 0.462. The van der Waals surface area contributed by atoms with E-state index < -0.39 is 0 Å². The van der Waals surface area contributed by atoms with Gasteiger partial charge in [-0.2, -0.15) is 0 Å². The van der Waals surface area contributed by atoms with E-state index in [4.69, 9.17) is 26.3 Å². The van der Waals surface area contributed by atoms with Gasteiger partial charge in [-0.25, -0.2) is 9.97 Å². The number of fused-ring (bicyclic) bond motifs is 3. The molecule has 0 N–H and O–H groups in total. The van der Waals surface area contributed by atoms with Crippen LogP contribution in [0.4, 0.5) is 5.95 Å². The summed E-state index contributed by atoms with van der Waals surface area (Å²) in [6.07, 6.45) is 6.86. The number of piperazine rings is 1. The summed E-state index contributed by atoms with van der Waals surface area (Å²) in [7, 11) is 0. The van der Waals surface area contributed by atoms with Gasteiger partial charge in [0.1, 0.15) is 12.4 Å². The van der Waals surface area contributed by atoms with Gasteiger partial charge in [-0.1, -0.05) is 55.1 Å². The highest BCUT2D eigenvalue weighted by atomic mass is 35.5. The highest BCUT2D eigenvalue weighted by Crippen LogP contribution is 2.41. The molecule has 0 spiro atoms. The van der Waals surface area contributed by atoms with E-state index in [0.717, 1.165) is 72.0 Å². The molecule has 2 fully saturated rings. The molecule has 6 heteroatoms. The van der Waals surface area contributed by atoms with Crippen molar-refractivity contribution in [3.05, 3.63) is 59.1 Å². The quantitative estimate of drug-likeness (QED) is 0.493. The van der Waals surface area contributed by atoms with Crippen molar-refractivity contribution in [1.82, 2.24) is 14.9 Å². The second kappa shape index (κ2) is 8.96. The molecule has 0 amide bonds. The zero-order valence-electron chi connectivity index (χ0n) is 18.8. The van der Waals surface area contributed by atoms with Gasteiger partial charge in [-0.3, -0.25) is 4.90 Å². The van der Waals surface area contributed by atoms with Crippen molar-refractivity contribution in [2.24, 2.45) is 0 Å². The molecule has 1 saturated carbocycles. The van der Waals surface area contributed by atoms with Crippen LogP contribution < -0.4 is 9.64 Å². The molecule has 0 radical (unpaired) electrons. The average Bonchev–Trinajstić information content (AvgIpc) is 2.88. The van der Waals surface area contributed by atoms with Crippen molar-refractivity contribution >= 4 is 17.5 Å². The van der Waals surface area contributed by atoms with Crippen LogP contribution in [-0.2, 0) is 6.61 Å². The maximum atomic E-state index is 6.35. The summed E-state index contributed by atoms with van der Waals surface area (Å²) in [6.45, 7) is 4.55. The summed E-state index contributed by atoms with van der Waals surface area (Å²) in [4.78, 5) is 15.2. The van der Waals surface area contributed by atoms with Crippen LogP contribution in [-0.4, -0.2) is 47.1 Å². The Balaban J connectivity index is 1.36. The van der Waals surface area contributed by atoms with Crippen LogP contribution in [0.1, 0.15) is 37.7 Å². The first-order chi connectivity index (χ1) is 16.3. The fraction of sp³-hybridized carbons (Fsp3) is 0.407. The predicted molar refractivity (Wildman–Crippen MR) is 133 cm³/mol.